The summed E-state index contributed by atoms with van der Waals surface area (Å²) in [6.45, 7) is 0. The van der Waals surface area contributed by atoms with E-state index in [2.05, 4.69) is 20.9 Å². The first-order chi connectivity index (χ1) is 7.22. The maximum Gasteiger partial charge on any atom is 0.169 e. The van der Waals surface area contributed by atoms with Crippen LogP contribution in [0.1, 0.15) is 10.5 Å². The van der Waals surface area contributed by atoms with Gasteiger partial charge in [0.25, 0.3) is 0 Å². The van der Waals surface area contributed by atoms with Crippen LogP contribution in [0.5, 0.6) is 0 Å². The van der Waals surface area contributed by atoms with Gasteiger partial charge in [-0.2, -0.15) is 0 Å². The van der Waals surface area contributed by atoms with Gasteiger partial charge in [0.2, 0.25) is 0 Å². The molecule has 0 bridgehead atoms. The van der Waals surface area contributed by atoms with Crippen molar-refractivity contribution < 1.29 is 9.18 Å². The van der Waals surface area contributed by atoms with E-state index in [9.17, 15) is 9.18 Å². The fraction of sp³-hybridized carbons (Fsp3) is 0. The Bertz CT molecular complexity index is 512. The number of halogens is 2. The standard InChI is InChI=1S/C10H5BrFNOS/c11-10-13-8(5-14)9(15-10)6-3-1-2-4-7(6)12/h1-5H. The number of carbonyl (C=O) groups is 1. The van der Waals surface area contributed by atoms with E-state index < -0.39 is 0 Å². The largest absolute Gasteiger partial charge is 0.296 e. The molecule has 1 aromatic heterocycles. The van der Waals surface area contributed by atoms with Crippen molar-refractivity contribution in [2.45, 2.75) is 0 Å². The lowest BCUT2D eigenvalue weighted by Crippen LogP contribution is -1.86. The van der Waals surface area contributed by atoms with Gasteiger partial charge in [-0.3, -0.25) is 4.79 Å². The summed E-state index contributed by atoms with van der Waals surface area (Å²) in [6.07, 6.45) is 0.628. The fourth-order valence-corrected chi connectivity index (χ4v) is 2.69. The zero-order chi connectivity index (χ0) is 10.8. The minimum absolute atomic E-state index is 0.261. The zero-order valence-electron chi connectivity index (χ0n) is 7.41. The number of hydrogen-bond acceptors (Lipinski definition) is 3. The summed E-state index contributed by atoms with van der Waals surface area (Å²) in [5.74, 6) is -0.350. The molecule has 2 nitrogen and oxygen atoms in total. The normalized spacial score (nSPS) is 10.3. The van der Waals surface area contributed by atoms with Crippen LogP contribution in [0.15, 0.2) is 28.2 Å². The summed E-state index contributed by atoms with van der Waals surface area (Å²) < 4.78 is 14.0. The first-order valence-electron chi connectivity index (χ1n) is 4.09. The van der Waals surface area contributed by atoms with E-state index in [0.29, 0.717) is 20.6 Å². The number of carbonyl (C=O) groups excluding carboxylic acids is 1. The van der Waals surface area contributed by atoms with Gasteiger partial charge in [-0.15, -0.1) is 11.3 Å². The van der Waals surface area contributed by atoms with E-state index in [-0.39, 0.29) is 11.5 Å². The lowest BCUT2D eigenvalue weighted by molar-refractivity contribution is 0.112. The summed E-state index contributed by atoms with van der Waals surface area (Å²) in [4.78, 5) is 15.2. The molecule has 0 unspecified atom stereocenters. The summed E-state index contributed by atoms with van der Waals surface area (Å²) in [6, 6.07) is 6.32. The third kappa shape index (κ3) is 1.98. The zero-order valence-corrected chi connectivity index (χ0v) is 9.81. The molecule has 0 radical (unpaired) electrons. The van der Waals surface area contributed by atoms with E-state index in [1.54, 1.807) is 18.2 Å². The van der Waals surface area contributed by atoms with Crippen molar-refractivity contribution in [1.82, 2.24) is 4.98 Å². The molecule has 0 saturated carbocycles. The van der Waals surface area contributed by atoms with Gasteiger partial charge in [-0.1, -0.05) is 18.2 Å². The second-order valence-corrected chi connectivity index (χ2v) is 5.05. The molecule has 0 N–H and O–H groups in total. The molecule has 15 heavy (non-hydrogen) atoms. The molecule has 0 aliphatic heterocycles. The number of thiazole rings is 1. The molecule has 5 heteroatoms. The highest BCUT2D eigenvalue weighted by molar-refractivity contribution is 9.11. The lowest BCUT2D eigenvalue weighted by atomic mass is 10.1. The van der Waals surface area contributed by atoms with E-state index in [1.807, 2.05) is 0 Å². The van der Waals surface area contributed by atoms with Gasteiger partial charge in [0.05, 0.1) is 4.88 Å². The monoisotopic (exact) mass is 285 g/mol. The van der Waals surface area contributed by atoms with Crippen LogP contribution < -0.4 is 0 Å². The van der Waals surface area contributed by atoms with E-state index >= 15 is 0 Å². The summed E-state index contributed by atoms with van der Waals surface area (Å²) in [5.41, 5.74) is 0.666. The number of rotatable bonds is 2. The molecule has 0 amide bonds. The van der Waals surface area contributed by atoms with Crippen molar-refractivity contribution >= 4 is 33.6 Å². The average molecular weight is 286 g/mol. The molecule has 0 spiro atoms. The number of aromatic nitrogens is 1. The van der Waals surface area contributed by atoms with Crippen LogP contribution in [0.25, 0.3) is 10.4 Å². The van der Waals surface area contributed by atoms with Crippen LogP contribution in [0, 0.1) is 5.82 Å². The average Bonchev–Trinajstić information content (AvgIpc) is 2.60. The minimum atomic E-state index is -0.350. The lowest BCUT2D eigenvalue weighted by Gasteiger charge is -1.98. The molecule has 0 aliphatic rings. The Balaban J connectivity index is 2.63. The third-order valence-corrected chi connectivity index (χ3v) is 3.41. The fourth-order valence-electron chi connectivity index (χ4n) is 1.22. The molecule has 2 aromatic rings. The predicted octanol–water partition coefficient (Wildman–Crippen LogP) is 3.52. The molecule has 0 atom stereocenters. The highest BCUT2D eigenvalue weighted by Crippen LogP contribution is 2.33. The third-order valence-electron chi connectivity index (χ3n) is 1.86. The van der Waals surface area contributed by atoms with Crippen molar-refractivity contribution in [2.24, 2.45) is 0 Å². The minimum Gasteiger partial charge on any atom is -0.296 e. The second kappa shape index (κ2) is 4.20. The SMILES string of the molecule is O=Cc1nc(Br)sc1-c1ccccc1F. The first kappa shape index (κ1) is 10.4. The van der Waals surface area contributed by atoms with Crippen LogP contribution in [0.3, 0.4) is 0 Å². The van der Waals surface area contributed by atoms with Crippen molar-refractivity contribution in [3.05, 3.63) is 39.7 Å². The van der Waals surface area contributed by atoms with Gasteiger partial charge in [-0.25, -0.2) is 9.37 Å². The van der Waals surface area contributed by atoms with Crippen LogP contribution in [-0.4, -0.2) is 11.3 Å². The molecule has 0 aliphatic carbocycles. The van der Waals surface area contributed by atoms with Gasteiger partial charge < -0.3 is 0 Å². The first-order valence-corrected chi connectivity index (χ1v) is 5.69. The molecule has 1 aromatic carbocycles. The van der Waals surface area contributed by atoms with Crippen LogP contribution in [0.4, 0.5) is 4.39 Å². The van der Waals surface area contributed by atoms with Gasteiger partial charge in [-0.05, 0) is 22.0 Å². The molecule has 0 saturated heterocycles. The molecular weight excluding hydrogens is 281 g/mol. The number of aldehydes is 1. The predicted molar refractivity (Wildman–Crippen MR) is 60.6 cm³/mol. The molecule has 2 rings (SSSR count). The number of benzene rings is 1. The molecule has 0 fully saturated rings. The van der Waals surface area contributed by atoms with E-state index in [1.165, 1.54) is 17.4 Å². The Morgan fingerprint density at radius 1 is 1.40 bits per heavy atom. The van der Waals surface area contributed by atoms with Gasteiger partial charge in [0.1, 0.15) is 11.5 Å². The summed E-state index contributed by atoms with van der Waals surface area (Å²) >= 11 is 4.41. The van der Waals surface area contributed by atoms with Gasteiger partial charge in [0, 0.05) is 5.56 Å². The van der Waals surface area contributed by atoms with E-state index in [4.69, 9.17) is 0 Å². The van der Waals surface area contributed by atoms with E-state index in [0.717, 1.165) is 0 Å². The maximum atomic E-state index is 13.4. The Morgan fingerprint density at radius 2 is 2.13 bits per heavy atom. The van der Waals surface area contributed by atoms with Crippen molar-refractivity contribution in [1.29, 1.82) is 0 Å². The highest BCUT2D eigenvalue weighted by atomic mass is 79.9. The van der Waals surface area contributed by atoms with Crippen LogP contribution in [0.2, 0.25) is 0 Å². The maximum absolute atomic E-state index is 13.4. The summed E-state index contributed by atoms with van der Waals surface area (Å²) in [5, 5.41) is 0. The van der Waals surface area contributed by atoms with Gasteiger partial charge >= 0.3 is 0 Å². The Morgan fingerprint density at radius 3 is 2.80 bits per heavy atom. The molecular formula is C10H5BrFNOS. The summed E-state index contributed by atoms with van der Waals surface area (Å²) in [7, 11) is 0. The Hall–Kier alpha value is -1.07. The Labute approximate surface area is 97.9 Å². The van der Waals surface area contributed by atoms with Gasteiger partial charge in [0.15, 0.2) is 10.2 Å². The quantitative estimate of drug-likeness (QED) is 0.790. The second-order valence-electron chi connectivity index (χ2n) is 2.78. The smallest absolute Gasteiger partial charge is 0.169 e. The topological polar surface area (TPSA) is 30.0 Å². The van der Waals surface area contributed by atoms with Crippen LogP contribution >= 0.6 is 27.3 Å². The number of hydrogen-bond donors (Lipinski definition) is 0. The Kier molecular flexibility index (Phi) is 2.93. The molecule has 1 heterocycles. The van der Waals surface area contributed by atoms with Crippen LogP contribution in [-0.2, 0) is 0 Å². The highest BCUT2D eigenvalue weighted by Gasteiger charge is 2.13. The number of nitrogens with zero attached hydrogens (tertiary/aromatic N) is 1. The van der Waals surface area contributed by atoms with Crippen molar-refractivity contribution in [3.8, 4) is 10.4 Å². The molecule has 76 valence electrons. The van der Waals surface area contributed by atoms with Crippen molar-refractivity contribution in [3.63, 3.8) is 0 Å². The van der Waals surface area contributed by atoms with Crippen molar-refractivity contribution in [2.75, 3.05) is 0 Å².